The zero-order chi connectivity index (χ0) is 36.6. The lowest BCUT2D eigenvalue weighted by molar-refractivity contribution is -0.136. The van der Waals surface area contributed by atoms with Crippen LogP contribution in [0.5, 0.6) is 0 Å². The molecular formula is C41H50N2O5SSi. The second-order valence-corrected chi connectivity index (χ2v) is 22.1. The van der Waals surface area contributed by atoms with E-state index in [-0.39, 0.29) is 33.2 Å². The summed E-state index contributed by atoms with van der Waals surface area (Å²) in [6, 6.07) is 24.2. The molecule has 0 amide bonds. The third-order valence-electron chi connectivity index (χ3n) is 9.84. The number of hydrogen-bond donors (Lipinski definition) is 0. The molecule has 0 N–H and O–H groups in total. The minimum atomic E-state index is -4.14. The summed E-state index contributed by atoms with van der Waals surface area (Å²) in [7, 11) is -5.40. The van der Waals surface area contributed by atoms with Crippen LogP contribution in [0.15, 0.2) is 120 Å². The number of fused-ring (bicyclic) bond motifs is 1. The SMILES string of the molecule is COC(=O)/C1=C(\O[Si](C)(C)C(C)(C)C)CN(S(=O)(=O)c2ccc(C)cc2)/C=C(/c2ccccc2)N2C(c3ccc(C(C)(C)C)cc3)=CC=CC12. The largest absolute Gasteiger partial charge is 0.545 e. The average Bonchev–Trinajstić information content (AvgIpc) is 3.05. The normalized spacial score (nSPS) is 19.8. The van der Waals surface area contributed by atoms with Crippen molar-refractivity contribution < 1.29 is 22.4 Å². The third-order valence-corrected chi connectivity index (χ3v) is 15.9. The molecular weight excluding hydrogens is 661 g/mol. The Labute approximate surface area is 299 Å². The van der Waals surface area contributed by atoms with Crippen LogP contribution in [0, 0.1) is 6.92 Å². The van der Waals surface area contributed by atoms with Gasteiger partial charge in [0.1, 0.15) is 11.3 Å². The number of allylic oxidation sites excluding steroid dienone is 2. The molecule has 0 radical (unpaired) electrons. The molecule has 0 saturated heterocycles. The van der Waals surface area contributed by atoms with E-state index < -0.39 is 30.4 Å². The van der Waals surface area contributed by atoms with E-state index in [0.717, 1.165) is 22.4 Å². The summed E-state index contributed by atoms with van der Waals surface area (Å²) < 4.78 is 43.2. The lowest BCUT2D eigenvalue weighted by Crippen LogP contribution is -2.46. The molecule has 1 unspecified atom stereocenters. The highest BCUT2D eigenvalue weighted by atomic mass is 32.2. The first-order valence-electron chi connectivity index (χ1n) is 17.0. The van der Waals surface area contributed by atoms with Crippen molar-refractivity contribution in [1.29, 1.82) is 0 Å². The Bertz CT molecular complexity index is 1960. The highest BCUT2D eigenvalue weighted by Crippen LogP contribution is 2.43. The molecule has 0 aliphatic carbocycles. The standard InChI is InChI=1S/C41H50N2O5SSi/c1-29-19-25-33(26-20-29)49(45,46)42-27-36(30-15-12-11-13-16-30)43-34(31-21-23-32(24-22-31)40(2,3)4)17-14-18-35(43)38(39(44)47-8)37(28-42)48-50(9,10)41(5,6)7/h11-27,35H,28H2,1-10H3/b36-27-,38-37-. The lowest BCUT2D eigenvalue weighted by Gasteiger charge is -2.43. The highest BCUT2D eigenvalue weighted by Gasteiger charge is 2.44. The van der Waals surface area contributed by atoms with Gasteiger partial charge < -0.3 is 14.1 Å². The molecule has 0 aromatic heterocycles. The summed E-state index contributed by atoms with van der Waals surface area (Å²) in [4.78, 5) is 16.3. The van der Waals surface area contributed by atoms with E-state index in [2.05, 4.69) is 78.9 Å². The number of carbonyl (C=O) groups is 1. The Hall–Kier alpha value is -4.34. The van der Waals surface area contributed by atoms with Crippen LogP contribution in [0.25, 0.3) is 11.4 Å². The molecule has 7 nitrogen and oxygen atoms in total. The number of carbonyl (C=O) groups excluding carboxylic acids is 1. The zero-order valence-electron chi connectivity index (χ0n) is 30.9. The van der Waals surface area contributed by atoms with E-state index in [1.54, 1.807) is 30.5 Å². The number of nitrogens with zero attached hydrogens (tertiary/aromatic N) is 2. The number of benzene rings is 3. The van der Waals surface area contributed by atoms with Gasteiger partial charge in [0.25, 0.3) is 10.0 Å². The summed E-state index contributed by atoms with van der Waals surface area (Å²) in [5.41, 5.74) is 5.46. The summed E-state index contributed by atoms with van der Waals surface area (Å²) in [5.74, 6) is -0.295. The van der Waals surface area contributed by atoms with Crippen LogP contribution in [0.4, 0.5) is 0 Å². The molecule has 2 aliphatic heterocycles. The molecule has 0 bridgehead atoms. The topological polar surface area (TPSA) is 76.1 Å². The van der Waals surface area contributed by atoms with Crippen molar-refractivity contribution in [3.8, 4) is 0 Å². The molecule has 50 heavy (non-hydrogen) atoms. The van der Waals surface area contributed by atoms with Crippen LogP contribution in [-0.2, 0) is 29.4 Å². The quantitative estimate of drug-likeness (QED) is 0.180. The van der Waals surface area contributed by atoms with Crippen LogP contribution in [0.2, 0.25) is 18.1 Å². The molecule has 0 spiro atoms. The molecule has 3 aromatic carbocycles. The van der Waals surface area contributed by atoms with Crippen LogP contribution in [-0.4, -0.2) is 51.6 Å². The first kappa shape index (κ1) is 36.9. The minimum absolute atomic E-state index is 0.0425. The van der Waals surface area contributed by atoms with Gasteiger partial charge in [-0.15, -0.1) is 0 Å². The number of aryl methyl sites for hydroxylation is 1. The van der Waals surface area contributed by atoms with Crippen LogP contribution in [0.1, 0.15) is 63.8 Å². The minimum Gasteiger partial charge on any atom is -0.545 e. The molecule has 2 aliphatic rings. The maximum atomic E-state index is 14.7. The van der Waals surface area contributed by atoms with Gasteiger partial charge in [-0.2, -0.15) is 0 Å². The Morgan fingerprint density at radius 1 is 0.840 bits per heavy atom. The summed E-state index contributed by atoms with van der Waals surface area (Å²) >= 11 is 0. The monoisotopic (exact) mass is 710 g/mol. The van der Waals surface area contributed by atoms with Gasteiger partial charge in [0.15, 0.2) is 0 Å². The fourth-order valence-corrected chi connectivity index (χ4v) is 8.17. The van der Waals surface area contributed by atoms with Crippen molar-refractivity contribution >= 4 is 35.7 Å². The van der Waals surface area contributed by atoms with E-state index in [9.17, 15) is 13.2 Å². The fraction of sp³-hybridized carbons (Fsp3) is 0.341. The van der Waals surface area contributed by atoms with Gasteiger partial charge in [-0.3, -0.25) is 4.31 Å². The van der Waals surface area contributed by atoms with Crippen molar-refractivity contribution in [2.45, 2.75) is 83.0 Å². The lowest BCUT2D eigenvalue weighted by atomic mass is 9.86. The van der Waals surface area contributed by atoms with Gasteiger partial charge in [0.2, 0.25) is 8.32 Å². The van der Waals surface area contributed by atoms with Crippen LogP contribution >= 0.6 is 0 Å². The Morgan fingerprint density at radius 2 is 1.44 bits per heavy atom. The summed E-state index contributed by atoms with van der Waals surface area (Å²) in [6.45, 7) is 18.8. The first-order valence-corrected chi connectivity index (χ1v) is 21.3. The van der Waals surface area contributed by atoms with E-state index in [1.807, 2.05) is 60.4 Å². The predicted molar refractivity (Wildman–Crippen MR) is 205 cm³/mol. The number of rotatable bonds is 7. The van der Waals surface area contributed by atoms with Crippen molar-refractivity contribution in [3.63, 3.8) is 0 Å². The zero-order valence-corrected chi connectivity index (χ0v) is 32.8. The van der Waals surface area contributed by atoms with Gasteiger partial charge in [0, 0.05) is 11.9 Å². The van der Waals surface area contributed by atoms with E-state index in [4.69, 9.17) is 9.16 Å². The van der Waals surface area contributed by atoms with Crippen LogP contribution < -0.4 is 0 Å². The second kappa shape index (κ2) is 13.8. The van der Waals surface area contributed by atoms with Crippen molar-refractivity contribution in [2.24, 2.45) is 0 Å². The highest BCUT2D eigenvalue weighted by molar-refractivity contribution is 7.89. The van der Waals surface area contributed by atoms with Crippen molar-refractivity contribution in [3.05, 3.63) is 137 Å². The van der Waals surface area contributed by atoms with Gasteiger partial charge in [-0.1, -0.05) is 126 Å². The Kier molecular flexibility index (Phi) is 10.2. The van der Waals surface area contributed by atoms with Gasteiger partial charge in [-0.25, -0.2) is 13.2 Å². The molecule has 0 saturated carbocycles. The van der Waals surface area contributed by atoms with E-state index in [0.29, 0.717) is 5.70 Å². The maximum absolute atomic E-state index is 14.7. The van der Waals surface area contributed by atoms with Gasteiger partial charge in [0.05, 0.1) is 30.3 Å². The fourth-order valence-electron chi connectivity index (χ4n) is 5.80. The molecule has 1 atom stereocenters. The van der Waals surface area contributed by atoms with E-state index >= 15 is 0 Å². The number of hydrogen-bond acceptors (Lipinski definition) is 6. The molecule has 2 heterocycles. The van der Waals surface area contributed by atoms with Crippen LogP contribution in [0.3, 0.4) is 0 Å². The summed E-state index contributed by atoms with van der Waals surface area (Å²) in [5, 5.41) is -0.239. The smallest absolute Gasteiger partial charge is 0.339 e. The van der Waals surface area contributed by atoms with Crippen molar-refractivity contribution in [2.75, 3.05) is 13.7 Å². The maximum Gasteiger partial charge on any atom is 0.339 e. The molecule has 3 aromatic rings. The first-order chi connectivity index (χ1) is 23.3. The number of methoxy groups -OCH3 is 1. The molecule has 9 heteroatoms. The van der Waals surface area contributed by atoms with Crippen molar-refractivity contribution in [1.82, 2.24) is 9.21 Å². The molecule has 0 fully saturated rings. The predicted octanol–water partition coefficient (Wildman–Crippen LogP) is 9.03. The summed E-state index contributed by atoms with van der Waals surface area (Å²) in [6.07, 6.45) is 7.60. The number of ether oxygens (including phenoxy) is 1. The number of sulfonamides is 1. The Morgan fingerprint density at radius 3 is 2.00 bits per heavy atom. The number of esters is 1. The van der Waals surface area contributed by atoms with E-state index in [1.165, 1.54) is 17.0 Å². The molecule has 264 valence electrons. The van der Waals surface area contributed by atoms with Gasteiger partial charge >= 0.3 is 5.97 Å². The average molecular weight is 711 g/mol. The third kappa shape index (κ3) is 7.39. The van der Waals surface area contributed by atoms with Gasteiger partial charge in [-0.05, 0) is 65.4 Å². The Balaban J connectivity index is 1.85. The second-order valence-electron chi connectivity index (χ2n) is 15.5. The molecule has 5 rings (SSSR count).